The molecule has 1 aromatic carbocycles. The number of aliphatic hydroxyl groups excluding tert-OH is 1. The molecule has 0 saturated carbocycles. The lowest BCUT2D eigenvalue weighted by molar-refractivity contribution is -0.136. The summed E-state index contributed by atoms with van der Waals surface area (Å²) in [5, 5.41) is 17.1. The van der Waals surface area contributed by atoms with Crippen LogP contribution in [-0.4, -0.2) is 42.6 Å². The van der Waals surface area contributed by atoms with E-state index in [4.69, 9.17) is 19.7 Å². The Morgan fingerprint density at radius 1 is 1.12 bits per heavy atom. The standard InChI is InChI=1S/C12H16O5/c13-5-6-16-7-8-17-11-3-1-10(2-4-11)9-12(14)15/h1-4,13H,5-9H2,(H,14,15). The molecular formula is C12H16O5. The zero-order valence-corrected chi connectivity index (χ0v) is 9.46. The SMILES string of the molecule is O=C(O)Cc1ccc(OCCOCCO)cc1. The summed E-state index contributed by atoms with van der Waals surface area (Å²) < 4.78 is 10.4. The van der Waals surface area contributed by atoms with Gasteiger partial charge in [-0.05, 0) is 17.7 Å². The van der Waals surface area contributed by atoms with E-state index in [-0.39, 0.29) is 13.0 Å². The second-order valence-corrected chi connectivity index (χ2v) is 3.40. The summed E-state index contributed by atoms with van der Waals surface area (Å²) >= 11 is 0. The Kier molecular flexibility index (Phi) is 6.06. The molecule has 0 heterocycles. The Labute approximate surface area is 99.6 Å². The minimum atomic E-state index is -0.851. The molecule has 94 valence electrons. The molecule has 0 spiro atoms. The fourth-order valence-electron chi connectivity index (χ4n) is 1.26. The lowest BCUT2D eigenvalue weighted by Crippen LogP contribution is -2.09. The molecule has 0 aliphatic heterocycles. The normalized spacial score (nSPS) is 10.2. The Hall–Kier alpha value is -1.59. The van der Waals surface area contributed by atoms with E-state index in [0.717, 1.165) is 5.56 Å². The van der Waals surface area contributed by atoms with E-state index in [2.05, 4.69) is 0 Å². The first-order chi connectivity index (χ1) is 8.22. The monoisotopic (exact) mass is 240 g/mol. The number of hydrogen-bond acceptors (Lipinski definition) is 4. The lowest BCUT2D eigenvalue weighted by atomic mass is 10.1. The number of carbonyl (C=O) groups is 1. The number of aliphatic hydroxyl groups is 1. The van der Waals surface area contributed by atoms with E-state index >= 15 is 0 Å². The Bertz CT molecular complexity index is 333. The van der Waals surface area contributed by atoms with Gasteiger partial charge in [-0.15, -0.1) is 0 Å². The zero-order chi connectivity index (χ0) is 12.5. The summed E-state index contributed by atoms with van der Waals surface area (Å²) in [7, 11) is 0. The first-order valence-electron chi connectivity index (χ1n) is 5.34. The summed E-state index contributed by atoms with van der Waals surface area (Å²) in [6.45, 7) is 1.13. The highest BCUT2D eigenvalue weighted by Gasteiger charge is 2.00. The number of hydrogen-bond donors (Lipinski definition) is 2. The van der Waals surface area contributed by atoms with Crippen LogP contribution >= 0.6 is 0 Å². The quantitative estimate of drug-likeness (QED) is 0.654. The van der Waals surface area contributed by atoms with E-state index in [1.54, 1.807) is 24.3 Å². The molecule has 0 amide bonds. The molecule has 1 rings (SSSR count). The summed E-state index contributed by atoms with van der Waals surface area (Å²) in [5.41, 5.74) is 0.737. The molecule has 2 N–H and O–H groups in total. The van der Waals surface area contributed by atoms with Crippen LogP contribution in [0.15, 0.2) is 24.3 Å². The summed E-state index contributed by atoms with van der Waals surface area (Å²) in [6, 6.07) is 6.89. The van der Waals surface area contributed by atoms with Crippen molar-refractivity contribution in [3.63, 3.8) is 0 Å². The number of benzene rings is 1. The molecule has 0 unspecified atom stereocenters. The van der Waals surface area contributed by atoms with Crippen molar-refractivity contribution in [1.29, 1.82) is 0 Å². The summed E-state index contributed by atoms with van der Waals surface area (Å²) in [4.78, 5) is 10.5. The van der Waals surface area contributed by atoms with Crippen LogP contribution < -0.4 is 4.74 Å². The van der Waals surface area contributed by atoms with Gasteiger partial charge in [0.15, 0.2) is 0 Å². The Balaban J connectivity index is 2.28. The van der Waals surface area contributed by atoms with Gasteiger partial charge in [0.2, 0.25) is 0 Å². The second kappa shape index (κ2) is 7.65. The molecule has 0 atom stereocenters. The number of carboxylic acid groups (broad SMARTS) is 1. The topological polar surface area (TPSA) is 76.0 Å². The fourth-order valence-corrected chi connectivity index (χ4v) is 1.26. The van der Waals surface area contributed by atoms with Crippen molar-refractivity contribution in [3.05, 3.63) is 29.8 Å². The number of aliphatic carboxylic acids is 1. The molecule has 0 radical (unpaired) electrons. The van der Waals surface area contributed by atoms with Gasteiger partial charge in [0.1, 0.15) is 12.4 Å². The van der Waals surface area contributed by atoms with Crippen molar-refractivity contribution in [3.8, 4) is 5.75 Å². The van der Waals surface area contributed by atoms with Crippen molar-refractivity contribution >= 4 is 5.97 Å². The Morgan fingerprint density at radius 2 is 1.82 bits per heavy atom. The minimum absolute atomic E-state index is 0.00385. The van der Waals surface area contributed by atoms with Crippen LogP contribution in [0, 0.1) is 0 Å². The first kappa shape index (κ1) is 13.5. The molecule has 0 saturated heterocycles. The van der Waals surface area contributed by atoms with Crippen molar-refractivity contribution < 1.29 is 24.5 Å². The van der Waals surface area contributed by atoms with Crippen molar-refractivity contribution in [2.45, 2.75) is 6.42 Å². The maximum absolute atomic E-state index is 10.5. The van der Waals surface area contributed by atoms with Crippen molar-refractivity contribution in [2.24, 2.45) is 0 Å². The molecule has 0 aliphatic rings. The number of ether oxygens (including phenoxy) is 2. The van der Waals surface area contributed by atoms with Crippen LogP contribution in [0.5, 0.6) is 5.75 Å². The smallest absolute Gasteiger partial charge is 0.307 e. The van der Waals surface area contributed by atoms with Crippen LogP contribution in [0.2, 0.25) is 0 Å². The van der Waals surface area contributed by atoms with Crippen LogP contribution in [0.3, 0.4) is 0 Å². The zero-order valence-electron chi connectivity index (χ0n) is 9.46. The molecule has 5 heteroatoms. The van der Waals surface area contributed by atoms with E-state index in [1.807, 2.05) is 0 Å². The number of rotatable bonds is 8. The lowest BCUT2D eigenvalue weighted by Gasteiger charge is -2.06. The van der Waals surface area contributed by atoms with Gasteiger partial charge in [-0.25, -0.2) is 0 Å². The molecule has 0 bridgehead atoms. The highest BCUT2D eigenvalue weighted by Crippen LogP contribution is 2.12. The fraction of sp³-hybridized carbons (Fsp3) is 0.417. The predicted molar refractivity (Wildman–Crippen MR) is 61.2 cm³/mol. The summed E-state index contributed by atoms with van der Waals surface area (Å²) in [5.74, 6) is -0.178. The van der Waals surface area contributed by atoms with Gasteiger partial charge in [-0.3, -0.25) is 4.79 Å². The largest absolute Gasteiger partial charge is 0.491 e. The predicted octanol–water partition coefficient (Wildman–Crippen LogP) is 0.701. The third-order valence-corrected chi connectivity index (χ3v) is 2.01. The van der Waals surface area contributed by atoms with Crippen molar-refractivity contribution in [2.75, 3.05) is 26.4 Å². The van der Waals surface area contributed by atoms with Gasteiger partial charge in [-0.1, -0.05) is 12.1 Å². The minimum Gasteiger partial charge on any atom is -0.491 e. The molecule has 5 nitrogen and oxygen atoms in total. The van der Waals surface area contributed by atoms with Crippen LogP contribution in [0.1, 0.15) is 5.56 Å². The van der Waals surface area contributed by atoms with Crippen LogP contribution in [0.25, 0.3) is 0 Å². The van der Waals surface area contributed by atoms with E-state index < -0.39 is 5.97 Å². The van der Waals surface area contributed by atoms with Crippen LogP contribution in [-0.2, 0) is 16.0 Å². The molecular weight excluding hydrogens is 224 g/mol. The molecule has 1 aromatic rings. The number of carboxylic acids is 1. The highest BCUT2D eigenvalue weighted by molar-refractivity contribution is 5.70. The van der Waals surface area contributed by atoms with Gasteiger partial charge in [-0.2, -0.15) is 0 Å². The Morgan fingerprint density at radius 3 is 2.41 bits per heavy atom. The van der Waals surface area contributed by atoms with E-state index in [0.29, 0.717) is 25.6 Å². The van der Waals surface area contributed by atoms with Gasteiger partial charge in [0, 0.05) is 0 Å². The average molecular weight is 240 g/mol. The van der Waals surface area contributed by atoms with E-state index in [9.17, 15) is 4.79 Å². The molecule has 0 aliphatic carbocycles. The third kappa shape index (κ3) is 5.89. The first-order valence-corrected chi connectivity index (χ1v) is 5.34. The third-order valence-electron chi connectivity index (χ3n) is 2.01. The molecule has 0 aromatic heterocycles. The maximum atomic E-state index is 10.5. The van der Waals surface area contributed by atoms with Gasteiger partial charge in [0.25, 0.3) is 0 Å². The van der Waals surface area contributed by atoms with Crippen LogP contribution in [0.4, 0.5) is 0 Å². The highest BCUT2D eigenvalue weighted by atomic mass is 16.5. The van der Waals surface area contributed by atoms with Crippen molar-refractivity contribution in [1.82, 2.24) is 0 Å². The molecule has 0 fully saturated rings. The molecule has 17 heavy (non-hydrogen) atoms. The van der Waals surface area contributed by atoms with Gasteiger partial charge < -0.3 is 19.7 Å². The summed E-state index contributed by atoms with van der Waals surface area (Å²) in [6.07, 6.45) is 0.0138. The van der Waals surface area contributed by atoms with Gasteiger partial charge >= 0.3 is 5.97 Å². The average Bonchev–Trinajstić information content (AvgIpc) is 2.30. The van der Waals surface area contributed by atoms with Gasteiger partial charge in [0.05, 0.1) is 26.2 Å². The second-order valence-electron chi connectivity index (χ2n) is 3.40. The van der Waals surface area contributed by atoms with E-state index in [1.165, 1.54) is 0 Å². The maximum Gasteiger partial charge on any atom is 0.307 e.